The number of rotatable bonds is 10. The zero-order chi connectivity index (χ0) is 38.2. The Morgan fingerprint density at radius 2 is 1.55 bits per heavy atom. The summed E-state index contributed by atoms with van der Waals surface area (Å²) in [5.41, 5.74) is 4.90. The first-order valence-electron chi connectivity index (χ1n) is 19.0. The van der Waals surface area contributed by atoms with E-state index in [9.17, 15) is 9.90 Å². The van der Waals surface area contributed by atoms with Crippen molar-refractivity contribution in [3.63, 3.8) is 0 Å². The van der Waals surface area contributed by atoms with Crippen LogP contribution in [0.3, 0.4) is 0 Å². The molecule has 0 atom stereocenters. The van der Waals surface area contributed by atoms with Crippen LogP contribution in [0.15, 0.2) is 65.0 Å². The minimum Gasteiger partial charge on any atom is -0.512 e. The number of aliphatic hydroxyl groups excluding tert-OH is 1. The number of ketones is 1. The van der Waals surface area contributed by atoms with Crippen molar-refractivity contribution in [2.24, 2.45) is 16.7 Å². The molecule has 3 aromatic carbocycles. The number of aromatic nitrogens is 2. The molecule has 0 saturated carbocycles. The molecule has 1 N–H and O–H groups in total. The number of nitrogens with zero attached hydrogens (tertiary/aromatic N) is 2. The minimum absolute atomic E-state index is 0. The second-order valence-electron chi connectivity index (χ2n) is 16.4. The van der Waals surface area contributed by atoms with E-state index in [0.29, 0.717) is 5.92 Å². The zero-order valence-corrected chi connectivity index (χ0v) is 36.9. The van der Waals surface area contributed by atoms with E-state index in [4.69, 9.17) is 14.4 Å². The molecule has 0 saturated heterocycles. The van der Waals surface area contributed by atoms with Gasteiger partial charge in [-0.3, -0.25) is 9.78 Å². The van der Waals surface area contributed by atoms with Crippen LogP contribution in [0.1, 0.15) is 119 Å². The third-order valence-electron chi connectivity index (χ3n) is 11.4. The van der Waals surface area contributed by atoms with Crippen molar-refractivity contribution in [3.8, 4) is 11.3 Å². The Bertz CT molecular complexity index is 2260. The van der Waals surface area contributed by atoms with Crippen LogP contribution in [0.25, 0.3) is 53.3 Å². The van der Waals surface area contributed by atoms with Gasteiger partial charge in [-0.15, -0.1) is 40.5 Å². The number of aryl methyl sites for hydroxylation is 1. The molecule has 6 rings (SSSR count). The van der Waals surface area contributed by atoms with E-state index in [0.717, 1.165) is 70.3 Å². The Morgan fingerprint density at radius 3 is 2.15 bits per heavy atom. The fraction of sp³-hybridized carbons (Fsp3) is 0.457. The normalized spacial score (nSPS) is 12.8. The fourth-order valence-electron chi connectivity index (χ4n) is 6.98. The number of benzene rings is 3. The molecule has 0 amide bonds. The molecule has 3 aromatic heterocycles. The van der Waals surface area contributed by atoms with Crippen molar-refractivity contribution in [1.29, 1.82) is 0 Å². The molecule has 3 heterocycles. The van der Waals surface area contributed by atoms with E-state index in [-0.39, 0.29) is 47.9 Å². The Hall–Kier alpha value is -3.38. The molecule has 0 aliphatic heterocycles. The molecule has 285 valence electrons. The average Bonchev–Trinajstić information content (AvgIpc) is 3.66. The number of hydrogen-bond donors (Lipinski definition) is 1. The monoisotopic (exact) mass is 910 g/mol. The van der Waals surface area contributed by atoms with E-state index in [1.54, 1.807) is 17.7 Å². The number of carbonyl (C=O) groups excluding carboxylic acids is 1. The van der Waals surface area contributed by atoms with Gasteiger partial charge in [0.25, 0.3) is 0 Å². The van der Waals surface area contributed by atoms with Crippen molar-refractivity contribution in [3.05, 3.63) is 83.6 Å². The van der Waals surface area contributed by atoms with E-state index < -0.39 is 0 Å². The molecule has 1 radical (unpaired) electrons. The molecular weight excluding hydrogens is 853 g/mol. The van der Waals surface area contributed by atoms with Crippen LogP contribution in [0.2, 0.25) is 0 Å². The van der Waals surface area contributed by atoms with Gasteiger partial charge in [-0.25, -0.2) is 4.98 Å². The van der Waals surface area contributed by atoms with Gasteiger partial charge in [-0.05, 0) is 62.5 Å². The summed E-state index contributed by atoms with van der Waals surface area (Å²) in [5.74, 6) is 1.83. The topological polar surface area (TPSA) is 76.2 Å². The first-order valence-corrected chi connectivity index (χ1v) is 19.8. The molecule has 0 aliphatic carbocycles. The number of fused-ring (bicyclic) bond motifs is 6. The van der Waals surface area contributed by atoms with Crippen LogP contribution >= 0.6 is 11.3 Å². The molecule has 6 aromatic rings. The van der Waals surface area contributed by atoms with Gasteiger partial charge in [0, 0.05) is 69.1 Å². The Kier molecular flexibility index (Phi) is 13.2. The third kappa shape index (κ3) is 8.33. The molecule has 7 heteroatoms. The van der Waals surface area contributed by atoms with E-state index in [2.05, 4.69) is 90.1 Å². The number of furan rings is 1. The first-order chi connectivity index (χ1) is 24.5. The van der Waals surface area contributed by atoms with Gasteiger partial charge in [0.1, 0.15) is 28.3 Å². The summed E-state index contributed by atoms with van der Waals surface area (Å²) in [7, 11) is 0. The molecule has 0 spiro atoms. The van der Waals surface area contributed by atoms with Crippen LogP contribution in [0.5, 0.6) is 0 Å². The van der Waals surface area contributed by atoms with Gasteiger partial charge in [0.2, 0.25) is 0 Å². The SMILES string of the molecule is CCC(C)(CC)C(=O)/C=C(\O)C(C)(CC)CC.Cc1oc2ccc3sc4ncnc(-c5[c-]c6ccccc6c(C(C)(C)C)c5)c4c3c2c1CC(C)C.[Ir]. The standard InChI is InChI=1S/C31H29N2OS.C15H28O2.Ir/c1-17(2)13-22-18(3)34-24-11-12-25-27(26(22)24)28-29(32-16-33-30(28)35-25)20-14-19-9-7-8-10-21(19)23(15-20)31(4,5)6;1-7-14(5,8-2)12(16)11-13(17)15(6,9-3)10-4;/h7-12,15-17H,13H2,1-6H3;11,16H,7-10H2,1-6H3;/q-1;;/b;12-11-;. The summed E-state index contributed by atoms with van der Waals surface area (Å²) in [6, 6.07) is 18.8. The van der Waals surface area contributed by atoms with E-state index in [1.807, 2.05) is 41.5 Å². The summed E-state index contributed by atoms with van der Waals surface area (Å²) in [5, 5.41) is 16.0. The molecule has 53 heavy (non-hydrogen) atoms. The summed E-state index contributed by atoms with van der Waals surface area (Å²) in [6.07, 6.45) is 7.43. The summed E-state index contributed by atoms with van der Waals surface area (Å²) >= 11 is 1.73. The molecule has 0 bridgehead atoms. The van der Waals surface area contributed by atoms with Crippen LogP contribution in [0.4, 0.5) is 0 Å². The minimum atomic E-state index is -0.337. The largest absolute Gasteiger partial charge is 0.512 e. The predicted molar refractivity (Wildman–Crippen MR) is 222 cm³/mol. The van der Waals surface area contributed by atoms with Gasteiger partial charge < -0.3 is 9.52 Å². The number of allylic oxidation sites excluding steroid dienone is 2. The number of thiophene rings is 1. The first kappa shape index (κ1) is 42.4. The van der Waals surface area contributed by atoms with Gasteiger partial charge >= 0.3 is 0 Å². The summed E-state index contributed by atoms with van der Waals surface area (Å²) in [4.78, 5) is 22.8. The molecule has 0 unspecified atom stereocenters. The van der Waals surface area contributed by atoms with Crippen molar-refractivity contribution >= 4 is 59.2 Å². The fourth-order valence-corrected chi connectivity index (χ4v) is 8.03. The van der Waals surface area contributed by atoms with Crippen LogP contribution in [-0.2, 0) is 36.7 Å². The third-order valence-corrected chi connectivity index (χ3v) is 12.5. The molecule has 0 aliphatic rings. The molecule has 0 fully saturated rings. The Morgan fingerprint density at radius 1 is 0.906 bits per heavy atom. The van der Waals surface area contributed by atoms with Crippen LogP contribution in [-0.4, -0.2) is 20.9 Å². The summed E-state index contributed by atoms with van der Waals surface area (Å²) < 4.78 is 7.47. The second kappa shape index (κ2) is 16.5. The van der Waals surface area contributed by atoms with Crippen molar-refractivity contribution < 1.29 is 34.4 Å². The smallest absolute Gasteiger partial charge is 0.164 e. The number of carbonyl (C=O) groups is 1. The van der Waals surface area contributed by atoms with Crippen molar-refractivity contribution in [1.82, 2.24) is 9.97 Å². The molecular formula is C46H57IrN2O3S-. The van der Waals surface area contributed by atoms with Gasteiger partial charge in [-0.2, -0.15) is 0 Å². The van der Waals surface area contributed by atoms with E-state index >= 15 is 0 Å². The maximum atomic E-state index is 12.2. The number of hydrogen-bond acceptors (Lipinski definition) is 6. The summed E-state index contributed by atoms with van der Waals surface area (Å²) in [6.45, 7) is 25.5. The average molecular weight is 910 g/mol. The quantitative estimate of drug-likeness (QED) is 0.0842. The molecule has 5 nitrogen and oxygen atoms in total. The van der Waals surface area contributed by atoms with E-state index in [1.165, 1.54) is 38.1 Å². The second-order valence-corrected chi connectivity index (χ2v) is 17.4. The Labute approximate surface area is 334 Å². The van der Waals surface area contributed by atoms with Crippen molar-refractivity contribution in [2.45, 2.75) is 121 Å². The number of aliphatic hydroxyl groups is 1. The zero-order valence-electron chi connectivity index (χ0n) is 33.7. The Balaban J connectivity index is 0.000000299. The maximum Gasteiger partial charge on any atom is 0.164 e. The van der Waals surface area contributed by atoms with Gasteiger partial charge in [0.15, 0.2) is 5.78 Å². The predicted octanol–water partition coefficient (Wildman–Crippen LogP) is 13.7. The van der Waals surface area contributed by atoms with Crippen LogP contribution in [0, 0.1) is 29.7 Å². The van der Waals surface area contributed by atoms with Crippen LogP contribution < -0.4 is 0 Å². The van der Waals surface area contributed by atoms with Gasteiger partial charge in [-0.1, -0.05) is 105 Å². The van der Waals surface area contributed by atoms with Gasteiger partial charge in [0.05, 0.1) is 0 Å². The van der Waals surface area contributed by atoms with Crippen molar-refractivity contribution in [2.75, 3.05) is 0 Å². The maximum absolute atomic E-state index is 12.2.